The number of carbonyl (C=O) groups is 1. The summed E-state index contributed by atoms with van der Waals surface area (Å²) in [6.45, 7) is 6.23. The molecule has 1 aliphatic carbocycles. The van der Waals surface area contributed by atoms with E-state index >= 15 is 0 Å². The molecule has 6 heteroatoms. The van der Waals surface area contributed by atoms with E-state index < -0.39 is 0 Å². The van der Waals surface area contributed by atoms with Gasteiger partial charge in [-0.05, 0) is 19.8 Å². The lowest BCUT2D eigenvalue weighted by Gasteiger charge is -2.38. The number of aliphatic hydroxyl groups is 1. The number of aryl methyl sites for hydroxylation is 2. The van der Waals surface area contributed by atoms with Gasteiger partial charge in [0.1, 0.15) is 11.4 Å². The summed E-state index contributed by atoms with van der Waals surface area (Å²) in [4.78, 5) is 12.0. The summed E-state index contributed by atoms with van der Waals surface area (Å²) in [6.07, 6.45) is 4.22. The number of rotatable bonds is 4. The molecule has 2 unspecified atom stereocenters. The molecule has 1 aliphatic rings. The average Bonchev–Trinajstić information content (AvgIpc) is 2.81. The summed E-state index contributed by atoms with van der Waals surface area (Å²) >= 11 is 0. The van der Waals surface area contributed by atoms with Crippen molar-refractivity contribution in [2.24, 2.45) is 5.41 Å². The second-order valence-electron chi connectivity index (χ2n) is 6.14. The van der Waals surface area contributed by atoms with Gasteiger partial charge in [0.15, 0.2) is 5.76 Å². The maximum absolute atomic E-state index is 12.0. The van der Waals surface area contributed by atoms with Crippen molar-refractivity contribution >= 4 is 11.7 Å². The lowest BCUT2D eigenvalue weighted by molar-refractivity contribution is 0.00333. The van der Waals surface area contributed by atoms with Gasteiger partial charge in [-0.2, -0.15) is 0 Å². The molecule has 1 heterocycles. The first-order valence-corrected chi connectivity index (χ1v) is 7.64. The Balaban J connectivity index is 1.91. The van der Waals surface area contributed by atoms with E-state index in [0.29, 0.717) is 30.1 Å². The van der Waals surface area contributed by atoms with Crippen molar-refractivity contribution in [1.82, 2.24) is 10.5 Å². The van der Waals surface area contributed by atoms with Crippen LogP contribution in [0.2, 0.25) is 0 Å². The SMILES string of the molecule is CCc1onc(C)c1NC(=O)NCC1(C)CCCCC1O. The van der Waals surface area contributed by atoms with Gasteiger partial charge in [0.25, 0.3) is 0 Å². The monoisotopic (exact) mass is 295 g/mol. The summed E-state index contributed by atoms with van der Waals surface area (Å²) in [6, 6.07) is -0.282. The molecule has 1 saturated carbocycles. The molecular formula is C15H25N3O3. The van der Waals surface area contributed by atoms with Crippen LogP contribution in [0.1, 0.15) is 51.0 Å². The van der Waals surface area contributed by atoms with Gasteiger partial charge in [0.2, 0.25) is 0 Å². The van der Waals surface area contributed by atoms with Crippen molar-refractivity contribution in [3.63, 3.8) is 0 Å². The number of carbonyl (C=O) groups excluding carboxylic acids is 1. The third-order valence-corrected chi connectivity index (χ3v) is 4.43. The van der Waals surface area contributed by atoms with Crippen LogP contribution in [0, 0.1) is 12.3 Å². The quantitative estimate of drug-likeness (QED) is 0.796. The highest BCUT2D eigenvalue weighted by molar-refractivity contribution is 5.90. The van der Waals surface area contributed by atoms with Crippen molar-refractivity contribution < 1.29 is 14.4 Å². The molecule has 0 saturated heterocycles. The molecular weight excluding hydrogens is 270 g/mol. The number of aliphatic hydroxyl groups excluding tert-OH is 1. The third kappa shape index (κ3) is 3.56. The van der Waals surface area contributed by atoms with Gasteiger partial charge in [-0.1, -0.05) is 31.8 Å². The highest BCUT2D eigenvalue weighted by atomic mass is 16.5. The third-order valence-electron chi connectivity index (χ3n) is 4.43. The van der Waals surface area contributed by atoms with Gasteiger partial charge in [-0.15, -0.1) is 0 Å². The first-order valence-electron chi connectivity index (χ1n) is 7.64. The zero-order valence-corrected chi connectivity index (χ0v) is 13.0. The highest BCUT2D eigenvalue weighted by Gasteiger charge is 2.35. The van der Waals surface area contributed by atoms with Crippen LogP contribution >= 0.6 is 0 Å². The largest absolute Gasteiger partial charge is 0.392 e. The molecule has 2 atom stereocenters. The van der Waals surface area contributed by atoms with E-state index in [1.54, 1.807) is 6.92 Å². The van der Waals surface area contributed by atoms with E-state index in [1.807, 2.05) is 13.8 Å². The first kappa shape index (κ1) is 15.8. The zero-order valence-electron chi connectivity index (χ0n) is 13.0. The average molecular weight is 295 g/mol. The Morgan fingerprint density at radius 2 is 2.29 bits per heavy atom. The second kappa shape index (κ2) is 6.47. The number of nitrogens with zero attached hydrogens (tertiary/aromatic N) is 1. The predicted molar refractivity (Wildman–Crippen MR) is 80.2 cm³/mol. The van der Waals surface area contributed by atoms with Crippen LogP contribution in [0.4, 0.5) is 10.5 Å². The van der Waals surface area contributed by atoms with Crippen molar-refractivity contribution in [2.45, 2.75) is 59.0 Å². The number of urea groups is 1. The molecule has 118 valence electrons. The molecule has 2 amide bonds. The molecule has 1 fully saturated rings. The second-order valence-corrected chi connectivity index (χ2v) is 6.14. The Hall–Kier alpha value is -1.56. The minimum absolute atomic E-state index is 0.243. The molecule has 1 aromatic heterocycles. The molecule has 0 spiro atoms. The van der Waals surface area contributed by atoms with Crippen molar-refractivity contribution in [2.75, 3.05) is 11.9 Å². The van der Waals surface area contributed by atoms with Crippen molar-refractivity contribution in [3.05, 3.63) is 11.5 Å². The lowest BCUT2D eigenvalue weighted by atomic mass is 9.73. The number of hydrogen-bond donors (Lipinski definition) is 3. The number of anilines is 1. The Bertz CT molecular complexity index is 500. The van der Waals surface area contributed by atoms with Crippen LogP contribution in [0.15, 0.2) is 4.52 Å². The lowest BCUT2D eigenvalue weighted by Crippen LogP contribution is -2.46. The number of hydrogen-bond acceptors (Lipinski definition) is 4. The smallest absolute Gasteiger partial charge is 0.319 e. The van der Waals surface area contributed by atoms with Gasteiger partial charge >= 0.3 is 6.03 Å². The minimum Gasteiger partial charge on any atom is -0.392 e. The van der Waals surface area contributed by atoms with Crippen LogP contribution in [0.5, 0.6) is 0 Å². The highest BCUT2D eigenvalue weighted by Crippen LogP contribution is 2.35. The summed E-state index contributed by atoms with van der Waals surface area (Å²) in [5, 5.41) is 19.6. The maximum Gasteiger partial charge on any atom is 0.319 e. The Morgan fingerprint density at radius 1 is 1.52 bits per heavy atom. The van der Waals surface area contributed by atoms with E-state index in [2.05, 4.69) is 15.8 Å². The van der Waals surface area contributed by atoms with Crippen LogP contribution in [0.25, 0.3) is 0 Å². The molecule has 6 nitrogen and oxygen atoms in total. The maximum atomic E-state index is 12.0. The van der Waals surface area contributed by atoms with Crippen LogP contribution < -0.4 is 10.6 Å². The standard InChI is InChI=1S/C15H25N3O3/c1-4-11-13(10(2)18-21-11)17-14(20)16-9-15(3)8-6-5-7-12(15)19/h12,19H,4-9H2,1-3H3,(H2,16,17,20). The fourth-order valence-electron chi connectivity index (χ4n) is 2.85. The van der Waals surface area contributed by atoms with E-state index in [0.717, 1.165) is 25.7 Å². The molecule has 0 radical (unpaired) electrons. The predicted octanol–water partition coefficient (Wildman–Crippen LogP) is 2.61. The fourth-order valence-corrected chi connectivity index (χ4v) is 2.85. The Kier molecular flexibility index (Phi) is 4.88. The normalized spacial score (nSPS) is 25.6. The Labute approximate surface area is 125 Å². The Morgan fingerprint density at radius 3 is 2.95 bits per heavy atom. The van der Waals surface area contributed by atoms with Crippen LogP contribution in [-0.2, 0) is 6.42 Å². The molecule has 3 N–H and O–H groups in total. The van der Waals surface area contributed by atoms with Gasteiger partial charge in [-0.3, -0.25) is 0 Å². The van der Waals surface area contributed by atoms with Gasteiger partial charge in [0.05, 0.1) is 6.10 Å². The number of nitrogens with one attached hydrogen (secondary N) is 2. The zero-order chi connectivity index (χ0) is 15.5. The molecule has 1 aromatic rings. The van der Waals surface area contributed by atoms with Gasteiger partial charge in [-0.25, -0.2) is 4.79 Å². The number of aromatic nitrogens is 1. The summed E-state index contributed by atoms with van der Waals surface area (Å²) in [5.74, 6) is 0.673. The molecule has 0 aliphatic heterocycles. The van der Waals surface area contributed by atoms with E-state index in [9.17, 15) is 9.90 Å². The van der Waals surface area contributed by atoms with E-state index in [-0.39, 0.29) is 17.6 Å². The summed E-state index contributed by atoms with van der Waals surface area (Å²) in [7, 11) is 0. The van der Waals surface area contributed by atoms with E-state index in [1.165, 1.54) is 0 Å². The first-order chi connectivity index (χ1) is 9.96. The summed E-state index contributed by atoms with van der Waals surface area (Å²) in [5.41, 5.74) is 1.07. The molecule has 2 rings (SSSR count). The van der Waals surface area contributed by atoms with Crippen LogP contribution in [0.3, 0.4) is 0 Å². The minimum atomic E-state index is -0.352. The van der Waals surface area contributed by atoms with E-state index in [4.69, 9.17) is 4.52 Å². The fraction of sp³-hybridized carbons (Fsp3) is 0.733. The number of amides is 2. The van der Waals surface area contributed by atoms with Crippen molar-refractivity contribution in [3.8, 4) is 0 Å². The summed E-state index contributed by atoms with van der Waals surface area (Å²) < 4.78 is 5.14. The molecule has 0 aromatic carbocycles. The molecule has 21 heavy (non-hydrogen) atoms. The molecule has 0 bridgehead atoms. The topological polar surface area (TPSA) is 87.4 Å². The van der Waals surface area contributed by atoms with Crippen LogP contribution in [-0.4, -0.2) is 28.9 Å². The van der Waals surface area contributed by atoms with Gasteiger partial charge in [0, 0.05) is 18.4 Å². The van der Waals surface area contributed by atoms with Crippen molar-refractivity contribution in [1.29, 1.82) is 0 Å². The van der Waals surface area contributed by atoms with Gasteiger partial charge < -0.3 is 20.3 Å².